The Bertz CT molecular complexity index is 860. The van der Waals surface area contributed by atoms with Crippen molar-refractivity contribution in [3.8, 4) is 0 Å². The Balaban J connectivity index is 1.59. The number of sulfonamides is 1. The number of benzene rings is 1. The second-order valence-corrected chi connectivity index (χ2v) is 8.84. The summed E-state index contributed by atoms with van der Waals surface area (Å²) in [5.41, 5.74) is 2.67. The zero-order valence-electron chi connectivity index (χ0n) is 14.4. The van der Waals surface area contributed by atoms with Crippen LogP contribution < -0.4 is 14.9 Å². The molecule has 26 heavy (non-hydrogen) atoms. The van der Waals surface area contributed by atoms with Gasteiger partial charge in [0.15, 0.2) is 0 Å². The maximum Gasteiger partial charge on any atom is 0.250 e. The van der Waals surface area contributed by atoms with Gasteiger partial charge in [-0.25, -0.2) is 13.1 Å². The van der Waals surface area contributed by atoms with Crippen molar-refractivity contribution >= 4 is 38.6 Å². The van der Waals surface area contributed by atoms with E-state index in [1.807, 2.05) is 25.1 Å². The van der Waals surface area contributed by atoms with E-state index in [4.69, 9.17) is 4.74 Å². The summed E-state index contributed by atoms with van der Waals surface area (Å²) in [5, 5.41) is 4.43. The summed E-state index contributed by atoms with van der Waals surface area (Å²) in [6.45, 7) is 4.70. The lowest BCUT2D eigenvalue weighted by atomic mass is 10.1. The predicted octanol–water partition coefficient (Wildman–Crippen LogP) is 1.81. The van der Waals surface area contributed by atoms with Crippen LogP contribution in [0.15, 0.2) is 39.9 Å². The van der Waals surface area contributed by atoms with Crippen LogP contribution in [0, 0.1) is 6.92 Å². The van der Waals surface area contributed by atoms with Crippen LogP contribution >= 0.6 is 11.3 Å². The summed E-state index contributed by atoms with van der Waals surface area (Å²) in [6.07, 6.45) is 0. The van der Waals surface area contributed by atoms with Gasteiger partial charge in [-0.05, 0) is 42.1 Å². The third-order valence-corrected chi connectivity index (χ3v) is 6.84. The lowest BCUT2D eigenvalue weighted by Crippen LogP contribution is -2.36. The molecule has 1 aliphatic rings. The highest BCUT2D eigenvalue weighted by Gasteiger charge is 2.17. The number of carbonyl (C=O) groups excluding carboxylic acids is 1. The number of thiophene rings is 1. The number of rotatable bonds is 6. The molecule has 0 atom stereocenters. The lowest BCUT2D eigenvalue weighted by Gasteiger charge is -2.29. The molecule has 1 aliphatic heterocycles. The van der Waals surface area contributed by atoms with Crippen LogP contribution in [-0.4, -0.2) is 47.2 Å². The molecule has 0 unspecified atom stereocenters. The smallest absolute Gasteiger partial charge is 0.250 e. The Morgan fingerprint density at radius 1 is 1.27 bits per heavy atom. The summed E-state index contributed by atoms with van der Waals surface area (Å²) in [6, 6.07) is 8.95. The number of ether oxygens (including phenoxy) is 1. The topological polar surface area (TPSA) is 87.7 Å². The number of nitrogens with one attached hydrogen (secondary N) is 2. The number of amides is 1. The number of anilines is 2. The van der Waals surface area contributed by atoms with Crippen molar-refractivity contribution < 1.29 is 17.9 Å². The minimum Gasteiger partial charge on any atom is -0.378 e. The largest absolute Gasteiger partial charge is 0.378 e. The highest BCUT2D eigenvalue weighted by molar-refractivity contribution is 7.91. The molecule has 0 aliphatic carbocycles. The molecule has 0 bridgehead atoms. The zero-order chi connectivity index (χ0) is 18.6. The maximum atomic E-state index is 12.1. The number of nitrogens with zero attached hydrogens (tertiary/aromatic N) is 1. The summed E-state index contributed by atoms with van der Waals surface area (Å²) in [5.74, 6) is -0.410. The van der Waals surface area contributed by atoms with Crippen molar-refractivity contribution in [1.29, 1.82) is 0 Å². The molecule has 1 aromatic carbocycles. The van der Waals surface area contributed by atoms with Gasteiger partial charge in [-0.3, -0.25) is 4.79 Å². The molecule has 1 fully saturated rings. The molecule has 2 N–H and O–H groups in total. The fraction of sp³-hybridized carbons (Fsp3) is 0.353. The first-order chi connectivity index (χ1) is 12.5. The molecule has 0 radical (unpaired) electrons. The second-order valence-electron chi connectivity index (χ2n) is 5.90. The van der Waals surface area contributed by atoms with Gasteiger partial charge >= 0.3 is 0 Å². The molecule has 0 saturated carbocycles. The van der Waals surface area contributed by atoms with Crippen molar-refractivity contribution in [3.05, 3.63) is 41.3 Å². The minimum absolute atomic E-state index is 0.191. The number of morpholine rings is 1. The van der Waals surface area contributed by atoms with Gasteiger partial charge < -0.3 is 15.0 Å². The van der Waals surface area contributed by atoms with Gasteiger partial charge in [-0.1, -0.05) is 6.07 Å². The molecule has 1 saturated heterocycles. The van der Waals surface area contributed by atoms with Gasteiger partial charge in [0.05, 0.1) is 19.8 Å². The molecule has 1 amide bonds. The van der Waals surface area contributed by atoms with E-state index < -0.39 is 15.9 Å². The number of hydrogen-bond acceptors (Lipinski definition) is 6. The Labute approximate surface area is 157 Å². The van der Waals surface area contributed by atoms with E-state index in [0.29, 0.717) is 18.9 Å². The summed E-state index contributed by atoms with van der Waals surface area (Å²) < 4.78 is 31.9. The average molecular weight is 396 g/mol. The Morgan fingerprint density at radius 2 is 2.04 bits per heavy atom. The Morgan fingerprint density at radius 3 is 2.69 bits per heavy atom. The van der Waals surface area contributed by atoms with E-state index in [2.05, 4.69) is 14.9 Å². The van der Waals surface area contributed by atoms with Crippen molar-refractivity contribution in [1.82, 2.24) is 4.72 Å². The van der Waals surface area contributed by atoms with E-state index in [0.717, 1.165) is 35.7 Å². The minimum atomic E-state index is -3.65. The molecular formula is C17H21N3O4S2. The molecule has 0 spiro atoms. The molecule has 2 heterocycles. The van der Waals surface area contributed by atoms with Crippen LogP contribution in [0.4, 0.5) is 11.4 Å². The third-order valence-electron chi connectivity index (χ3n) is 4.04. The van der Waals surface area contributed by atoms with Crippen LogP contribution in [0.3, 0.4) is 0 Å². The third kappa shape index (κ3) is 4.61. The summed E-state index contributed by atoms with van der Waals surface area (Å²) in [7, 11) is -3.65. The van der Waals surface area contributed by atoms with Crippen molar-refractivity contribution in [2.45, 2.75) is 11.1 Å². The van der Waals surface area contributed by atoms with E-state index in [-0.39, 0.29) is 10.8 Å². The van der Waals surface area contributed by atoms with Gasteiger partial charge in [-0.2, -0.15) is 0 Å². The first-order valence-electron chi connectivity index (χ1n) is 8.22. The SMILES string of the molecule is Cc1cc(N2CCOCC2)ccc1NC(=O)CNS(=O)(=O)c1cccs1. The quantitative estimate of drug-likeness (QED) is 0.779. The predicted molar refractivity (Wildman–Crippen MR) is 102 cm³/mol. The molecule has 7 nitrogen and oxygen atoms in total. The van der Waals surface area contributed by atoms with Crippen LogP contribution in [0.5, 0.6) is 0 Å². The molecule has 140 valence electrons. The lowest BCUT2D eigenvalue weighted by molar-refractivity contribution is -0.115. The Kier molecular flexibility index (Phi) is 5.92. The normalized spacial score (nSPS) is 15.0. The fourth-order valence-electron chi connectivity index (χ4n) is 2.65. The van der Waals surface area contributed by atoms with Crippen LogP contribution in [0.2, 0.25) is 0 Å². The number of aryl methyl sites for hydroxylation is 1. The standard InChI is InChI=1S/C17H21N3O4S2/c1-13-11-14(20-6-8-24-9-7-20)4-5-15(13)19-16(21)12-18-26(22,23)17-3-2-10-25-17/h2-5,10-11,18H,6-9,12H2,1H3,(H,19,21). The first kappa shape index (κ1) is 18.8. The second kappa shape index (κ2) is 8.17. The van der Waals surface area contributed by atoms with Gasteiger partial charge in [0, 0.05) is 24.5 Å². The van der Waals surface area contributed by atoms with E-state index in [1.165, 1.54) is 6.07 Å². The average Bonchev–Trinajstić information content (AvgIpc) is 3.18. The van der Waals surface area contributed by atoms with Crippen molar-refractivity contribution in [3.63, 3.8) is 0 Å². The summed E-state index contributed by atoms with van der Waals surface area (Å²) in [4.78, 5) is 14.3. The van der Waals surface area contributed by atoms with E-state index >= 15 is 0 Å². The van der Waals surface area contributed by atoms with Gasteiger partial charge in [0.1, 0.15) is 4.21 Å². The van der Waals surface area contributed by atoms with Crippen LogP contribution in [0.1, 0.15) is 5.56 Å². The van der Waals surface area contributed by atoms with Gasteiger partial charge in [0.2, 0.25) is 5.91 Å². The van der Waals surface area contributed by atoms with Gasteiger partial charge in [0.25, 0.3) is 10.0 Å². The van der Waals surface area contributed by atoms with Crippen molar-refractivity contribution in [2.24, 2.45) is 0 Å². The number of hydrogen-bond donors (Lipinski definition) is 2. The molecule has 1 aromatic heterocycles. The fourth-order valence-corrected chi connectivity index (χ4v) is 4.67. The highest BCUT2D eigenvalue weighted by Crippen LogP contribution is 2.23. The van der Waals surface area contributed by atoms with Gasteiger partial charge in [-0.15, -0.1) is 11.3 Å². The Hall–Kier alpha value is -1.94. The van der Waals surface area contributed by atoms with E-state index in [1.54, 1.807) is 11.4 Å². The molecule has 3 rings (SSSR count). The van der Waals surface area contributed by atoms with Crippen LogP contribution in [-0.2, 0) is 19.6 Å². The zero-order valence-corrected chi connectivity index (χ0v) is 16.0. The maximum absolute atomic E-state index is 12.1. The molecule has 2 aromatic rings. The van der Waals surface area contributed by atoms with E-state index in [9.17, 15) is 13.2 Å². The molecular weight excluding hydrogens is 374 g/mol. The van der Waals surface area contributed by atoms with Crippen LogP contribution in [0.25, 0.3) is 0 Å². The summed E-state index contributed by atoms with van der Waals surface area (Å²) >= 11 is 1.11. The first-order valence-corrected chi connectivity index (χ1v) is 10.6. The van der Waals surface area contributed by atoms with Crippen molar-refractivity contribution in [2.75, 3.05) is 43.1 Å². The number of carbonyl (C=O) groups is 1. The molecule has 9 heteroatoms. The highest BCUT2D eigenvalue weighted by atomic mass is 32.2. The monoisotopic (exact) mass is 395 g/mol.